The van der Waals surface area contributed by atoms with Crippen molar-refractivity contribution in [1.82, 2.24) is 4.90 Å². The van der Waals surface area contributed by atoms with E-state index in [-0.39, 0.29) is 24.1 Å². The molecule has 0 spiro atoms. The molecule has 1 N–H and O–H groups in total. The quantitative estimate of drug-likeness (QED) is 0.864. The molecular formula is C15H27NO4. The van der Waals surface area contributed by atoms with Crippen LogP contribution in [0, 0.1) is 5.92 Å². The van der Waals surface area contributed by atoms with Crippen LogP contribution in [-0.4, -0.2) is 39.8 Å². The Balaban J connectivity index is 2.69. The lowest BCUT2D eigenvalue weighted by molar-refractivity contribution is -0.143. The van der Waals surface area contributed by atoms with Gasteiger partial charge in [-0.2, -0.15) is 0 Å². The molecule has 1 rings (SSSR count). The third-order valence-electron chi connectivity index (χ3n) is 3.60. The highest BCUT2D eigenvalue weighted by Gasteiger charge is 2.34. The summed E-state index contributed by atoms with van der Waals surface area (Å²) < 4.78 is 5.46. The molecule has 0 aromatic heterocycles. The van der Waals surface area contributed by atoms with Crippen LogP contribution < -0.4 is 0 Å². The van der Waals surface area contributed by atoms with Crippen molar-refractivity contribution in [1.29, 1.82) is 0 Å². The van der Waals surface area contributed by atoms with E-state index in [1.54, 1.807) is 4.90 Å². The SMILES string of the molecule is CC(C)N(C(=O)OC(C)(C)C)C1CCC(C(=O)O)CC1. The van der Waals surface area contributed by atoms with E-state index < -0.39 is 11.6 Å². The first-order valence-electron chi connectivity index (χ1n) is 7.36. The maximum atomic E-state index is 12.3. The standard InChI is InChI=1S/C15H27NO4/c1-10(2)16(14(19)20-15(3,4)5)12-8-6-11(7-9-12)13(17)18/h10-12H,6-9H2,1-5H3,(H,17,18). The lowest BCUT2D eigenvalue weighted by atomic mass is 9.85. The summed E-state index contributed by atoms with van der Waals surface area (Å²) in [5.41, 5.74) is -0.511. The Labute approximate surface area is 121 Å². The first-order chi connectivity index (χ1) is 9.11. The van der Waals surface area contributed by atoms with Crippen LogP contribution in [-0.2, 0) is 9.53 Å². The van der Waals surface area contributed by atoms with Gasteiger partial charge in [-0.25, -0.2) is 4.79 Å². The number of rotatable bonds is 3. The van der Waals surface area contributed by atoms with E-state index in [1.165, 1.54) is 0 Å². The topological polar surface area (TPSA) is 66.8 Å². The van der Waals surface area contributed by atoms with Gasteiger partial charge in [0.25, 0.3) is 0 Å². The molecule has 1 aliphatic carbocycles. The van der Waals surface area contributed by atoms with Gasteiger partial charge in [0.1, 0.15) is 5.60 Å². The second kappa shape index (κ2) is 6.46. The normalized spacial score (nSPS) is 23.5. The van der Waals surface area contributed by atoms with Gasteiger partial charge in [0.2, 0.25) is 0 Å². The van der Waals surface area contributed by atoms with Crippen LogP contribution in [0.25, 0.3) is 0 Å². The number of carbonyl (C=O) groups is 2. The molecule has 5 heteroatoms. The average Bonchev–Trinajstić information content (AvgIpc) is 2.26. The zero-order valence-corrected chi connectivity index (χ0v) is 13.2. The van der Waals surface area contributed by atoms with Gasteiger partial charge in [0, 0.05) is 12.1 Å². The Morgan fingerprint density at radius 1 is 1.15 bits per heavy atom. The van der Waals surface area contributed by atoms with Gasteiger partial charge in [0.15, 0.2) is 0 Å². The molecule has 1 aliphatic rings. The van der Waals surface area contributed by atoms with Crippen molar-refractivity contribution in [2.75, 3.05) is 0 Å². The van der Waals surface area contributed by atoms with Gasteiger partial charge in [-0.1, -0.05) is 0 Å². The summed E-state index contributed by atoms with van der Waals surface area (Å²) in [6.07, 6.45) is 2.42. The van der Waals surface area contributed by atoms with E-state index in [0.717, 1.165) is 12.8 Å². The fraction of sp³-hybridized carbons (Fsp3) is 0.867. The van der Waals surface area contributed by atoms with E-state index in [9.17, 15) is 9.59 Å². The monoisotopic (exact) mass is 285 g/mol. The first-order valence-corrected chi connectivity index (χ1v) is 7.36. The van der Waals surface area contributed by atoms with E-state index >= 15 is 0 Å². The molecular weight excluding hydrogens is 258 g/mol. The minimum absolute atomic E-state index is 0.0521. The van der Waals surface area contributed by atoms with E-state index in [1.807, 2.05) is 34.6 Å². The molecule has 1 fully saturated rings. The minimum atomic E-state index is -0.725. The molecule has 0 heterocycles. The second-order valence-corrected chi connectivity index (χ2v) is 6.83. The lowest BCUT2D eigenvalue weighted by Gasteiger charge is -2.39. The van der Waals surface area contributed by atoms with Crippen molar-refractivity contribution in [2.24, 2.45) is 5.92 Å². The van der Waals surface area contributed by atoms with E-state index in [4.69, 9.17) is 9.84 Å². The van der Waals surface area contributed by atoms with Crippen molar-refractivity contribution in [2.45, 2.75) is 78.0 Å². The fourth-order valence-corrected chi connectivity index (χ4v) is 2.70. The van der Waals surface area contributed by atoms with Crippen LogP contribution in [0.5, 0.6) is 0 Å². The van der Waals surface area contributed by atoms with Crippen LogP contribution in [0.15, 0.2) is 0 Å². The molecule has 0 radical (unpaired) electrons. The summed E-state index contributed by atoms with van der Waals surface area (Å²) in [4.78, 5) is 25.1. The smallest absolute Gasteiger partial charge is 0.410 e. The van der Waals surface area contributed by atoms with Crippen molar-refractivity contribution in [3.05, 3.63) is 0 Å². The summed E-state index contributed by atoms with van der Waals surface area (Å²) in [5, 5.41) is 9.03. The minimum Gasteiger partial charge on any atom is -0.481 e. The van der Waals surface area contributed by atoms with Gasteiger partial charge in [0.05, 0.1) is 5.92 Å². The molecule has 0 unspecified atom stereocenters. The third kappa shape index (κ3) is 4.69. The molecule has 0 saturated heterocycles. The van der Waals surface area contributed by atoms with Crippen molar-refractivity contribution in [3.8, 4) is 0 Å². The van der Waals surface area contributed by atoms with Gasteiger partial charge in [-0.3, -0.25) is 4.79 Å². The number of carbonyl (C=O) groups excluding carboxylic acids is 1. The number of aliphatic carboxylic acids is 1. The fourth-order valence-electron chi connectivity index (χ4n) is 2.70. The molecule has 0 atom stereocenters. The number of carboxylic acid groups (broad SMARTS) is 1. The Kier molecular flexibility index (Phi) is 5.42. The first kappa shape index (κ1) is 16.8. The van der Waals surface area contributed by atoms with Crippen LogP contribution >= 0.6 is 0 Å². The van der Waals surface area contributed by atoms with Crippen molar-refractivity contribution < 1.29 is 19.4 Å². The number of hydrogen-bond donors (Lipinski definition) is 1. The predicted molar refractivity (Wildman–Crippen MR) is 76.6 cm³/mol. The molecule has 116 valence electrons. The molecule has 20 heavy (non-hydrogen) atoms. The summed E-state index contributed by atoms with van der Waals surface area (Å²) in [5.74, 6) is -0.990. The Bertz CT molecular complexity index is 351. The zero-order valence-electron chi connectivity index (χ0n) is 13.2. The highest BCUT2D eigenvalue weighted by molar-refractivity contribution is 5.70. The number of carboxylic acids is 1. The molecule has 0 bridgehead atoms. The van der Waals surface area contributed by atoms with Crippen molar-refractivity contribution >= 4 is 12.1 Å². The molecule has 0 aliphatic heterocycles. The number of ether oxygens (including phenoxy) is 1. The molecule has 1 saturated carbocycles. The molecule has 1 amide bonds. The maximum absolute atomic E-state index is 12.3. The van der Waals surface area contributed by atoms with Gasteiger partial charge >= 0.3 is 12.1 Å². The Morgan fingerprint density at radius 3 is 2.00 bits per heavy atom. The summed E-state index contributed by atoms with van der Waals surface area (Å²) in [7, 11) is 0. The number of amides is 1. The highest BCUT2D eigenvalue weighted by Crippen LogP contribution is 2.29. The average molecular weight is 285 g/mol. The lowest BCUT2D eigenvalue weighted by Crippen LogP contribution is -2.48. The Hall–Kier alpha value is -1.26. The van der Waals surface area contributed by atoms with Crippen molar-refractivity contribution in [3.63, 3.8) is 0 Å². The van der Waals surface area contributed by atoms with E-state index in [0.29, 0.717) is 12.8 Å². The van der Waals surface area contributed by atoms with Crippen LogP contribution in [0.1, 0.15) is 60.3 Å². The van der Waals surface area contributed by atoms with Gasteiger partial charge in [-0.05, 0) is 60.3 Å². The number of hydrogen-bond acceptors (Lipinski definition) is 3. The summed E-state index contributed by atoms with van der Waals surface area (Å²) in [6.45, 7) is 9.49. The maximum Gasteiger partial charge on any atom is 0.410 e. The van der Waals surface area contributed by atoms with Crippen LogP contribution in [0.2, 0.25) is 0 Å². The van der Waals surface area contributed by atoms with Gasteiger partial charge < -0.3 is 14.7 Å². The predicted octanol–water partition coefficient (Wildman–Crippen LogP) is 3.28. The van der Waals surface area contributed by atoms with Gasteiger partial charge in [-0.15, -0.1) is 0 Å². The molecule has 5 nitrogen and oxygen atoms in total. The third-order valence-corrected chi connectivity index (χ3v) is 3.60. The molecule has 0 aromatic rings. The second-order valence-electron chi connectivity index (χ2n) is 6.83. The summed E-state index contributed by atoms with van der Waals surface area (Å²) >= 11 is 0. The Morgan fingerprint density at radius 2 is 1.65 bits per heavy atom. The largest absolute Gasteiger partial charge is 0.481 e. The highest BCUT2D eigenvalue weighted by atomic mass is 16.6. The van der Waals surface area contributed by atoms with Crippen LogP contribution in [0.4, 0.5) is 4.79 Å². The zero-order chi connectivity index (χ0) is 15.5. The number of nitrogens with zero attached hydrogens (tertiary/aromatic N) is 1. The van der Waals surface area contributed by atoms with E-state index in [2.05, 4.69) is 0 Å². The summed E-state index contributed by atoms with van der Waals surface area (Å²) in [6, 6.07) is 0.136. The molecule has 0 aromatic carbocycles. The van der Waals surface area contributed by atoms with Crippen LogP contribution in [0.3, 0.4) is 0 Å².